The predicted molar refractivity (Wildman–Crippen MR) is 125 cm³/mol. The van der Waals surface area contributed by atoms with Crippen LogP contribution in [-0.4, -0.2) is 60.2 Å². The van der Waals surface area contributed by atoms with Crippen LogP contribution in [0.3, 0.4) is 0 Å². The molecule has 1 unspecified atom stereocenters. The molecule has 2 aliphatic heterocycles. The number of carbonyl (C=O) groups is 3. The van der Waals surface area contributed by atoms with Gasteiger partial charge in [-0.15, -0.1) is 0 Å². The van der Waals surface area contributed by atoms with Gasteiger partial charge in [0.15, 0.2) is 0 Å². The summed E-state index contributed by atoms with van der Waals surface area (Å²) in [5.41, 5.74) is 1.53. The number of likely N-dealkylation sites (N-methyl/N-ethyl adjacent to an activating group) is 1. The second-order valence-corrected chi connectivity index (χ2v) is 8.92. The number of benzene rings is 2. The largest absolute Gasteiger partial charge is 0.367 e. The van der Waals surface area contributed by atoms with Crippen molar-refractivity contribution in [3.8, 4) is 0 Å². The summed E-state index contributed by atoms with van der Waals surface area (Å²) in [4.78, 5) is 44.8. The highest BCUT2D eigenvalue weighted by molar-refractivity contribution is 6.33. The van der Waals surface area contributed by atoms with E-state index < -0.39 is 5.41 Å². The van der Waals surface area contributed by atoms with Gasteiger partial charge in [-0.1, -0.05) is 48.0 Å². The van der Waals surface area contributed by atoms with Crippen LogP contribution < -0.4 is 4.90 Å². The first-order chi connectivity index (χ1) is 15.4. The minimum Gasteiger partial charge on any atom is -0.367 e. The number of hydrogen-bond donors (Lipinski definition) is 0. The molecule has 2 aromatic rings. The Morgan fingerprint density at radius 2 is 1.66 bits per heavy atom. The van der Waals surface area contributed by atoms with Gasteiger partial charge in [0.1, 0.15) is 0 Å². The molecule has 0 radical (unpaired) electrons. The van der Waals surface area contributed by atoms with Crippen LogP contribution in [0.2, 0.25) is 5.02 Å². The molecule has 0 saturated carbocycles. The Labute approximate surface area is 193 Å². The topological polar surface area (TPSA) is 60.9 Å². The Morgan fingerprint density at radius 3 is 2.28 bits per heavy atom. The van der Waals surface area contributed by atoms with Gasteiger partial charge in [0, 0.05) is 45.6 Å². The van der Waals surface area contributed by atoms with Gasteiger partial charge in [-0.2, -0.15) is 0 Å². The first-order valence-corrected chi connectivity index (χ1v) is 11.4. The number of hydrogen-bond acceptors (Lipinski definition) is 4. The van der Waals surface area contributed by atoms with Crippen LogP contribution in [0.1, 0.15) is 30.9 Å². The third-order valence-electron chi connectivity index (χ3n) is 6.66. The molecule has 32 heavy (non-hydrogen) atoms. The molecule has 168 valence electrons. The number of piperazine rings is 1. The molecule has 2 aliphatic rings. The molecule has 7 heteroatoms. The lowest BCUT2D eigenvalue weighted by Crippen LogP contribution is -2.51. The summed E-state index contributed by atoms with van der Waals surface area (Å²) in [5.74, 6) is -0.564. The van der Waals surface area contributed by atoms with Crippen molar-refractivity contribution >= 4 is 35.0 Å². The van der Waals surface area contributed by atoms with Gasteiger partial charge >= 0.3 is 0 Å². The number of halogens is 1. The fraction of sp³-hybridized carbons (Fsp3) is 0.400. The molecule has 0 bridgehead atoms. The van der Waals surface area contributed by atoms with Gasteiger partial charge in [-0.05, 0) is 37.1 Å². The molecule has 0 N–H and O–H groups in total. The quantitative estimate of drug-likeness (QED) is 0.651. The van der Waals surface area contributed by atoms with E-state index in [1.165, 1.54) is 4.90 Å². The van der Waals surface area contributed by atoms with Crippen molar-refractivity contribution in [1.29, 1.82) is 0 Å². The minimum atomic E-state index is -1.13. The monoisotopic (exact) mass is 453 g/mol. The molecule has 2 aromatic carbocycles. The zero-order chi connectivity index (χ0) is 22.9. The number of rotatable bonds is 5. The van der Waals surface area contributed by atoms with Crippen LogP contribution in [0.25, 0.3) is 0 Å². The van der Waals surface area contributed by atoms with Gasteiger partial charge in [0.25, 0.3) is 0 Å². The Hall–Kier alpha value is -2.86. The van der Waals surface area contributed by atoms with Crippen LogP contribution in [0, 0.1) is 6.92 Å². The minimum absolute atomic E-state index is 0.00498. The van der Waals surface area contributed by atoms with E-state index in [4.69, 9.17) is 11.6 Å². The van der Waals surface area contributed by atoms with Gasteiger partial charge < -0.3 is 9.80 Å². The SMILES string of the molecule is CCN1C(=O)CC(CC(=O)N2CCN(c3ccccc3Cl)CC2)(c2ccccc2C)C1=O. The maximum absolute atomic E-state index is 13.4. The molecular formula is C25H28ClN3O3. The van der Waals surface area contributed by atoms with Crippen LogP contribution >= 0.6 is 11.6 Å². The Morgan fingerprint density at radius 1 is 1.00 bits per heavy atom. The van der Waals surface area contributed by atoms with Crippen molar-refractivity contribution in [1.82, 2.24) is 9.80 Å². The number of anilines is 1. The van der Waals surface area contributed by atoms with Crippen LogP contribution in [0.4, 0.5) is 5.69 Å². The van der Waals surface area contributed by atoms with Crippen LogP contribution in [-0.2, 0) is 19.8 Å². The highest BCUT2D eigenvalue weighted by atomic mass is 35.5. The first-order valence-electron chi connectivity index (χ1n) is 11.1. The number of imide groups is 1. The average molecular weight is 454 g/mol. The Balaban J connectivity index is 1.55. The molecule has 2 heterocycles. The van der Waals surface area contributed by atoms with E-state index in [9.17, 15) is 14.4 Å². The zero-order valence-electron chi connectivity index (χ0n) is 18.5. The number of nitrogens with zero attached hydrogens (tertiary/aromatic N) is 3. The van der Waals surface area contributed by atoms with E-state index in [0.29, 0.717) is 37.7 Å². The molecule has 0 aliphatic carbocycles. The number of likely N-dealkylation sites (tertiary alicyclic amines) is 1. The number of amides is 3. The summed E-state index contributed by atoms with van der Waals surface area (Å²) in [7, 11) is 0. The lowest BCUT2D eigenvalue weighted by atomic mass is 9.74. The van der Waals surface area contributed by atoms with Gasteiger partial charge in [0.2, 0.25) is 17.7 Å². The highest BCUT2D eigenvalue weighted by Crippen LogP contribution is 2.41. The number of carbonyl (C=O) groups excluding carboxylic acids is 3. The van der Waals surface area contributed by atoms with Crippen LogP contribution in [0.15, 0.2) is 48.5 Å². The molecule has 6 nitrogen and oxygen atoms in total. The van der Waals surface area contributed by atoms with Crippen molar-refractivity contribution in [2.24, 2.45) is 0 Å². The number of aryl methyl sites for hydroxylation is 1. The number of para-hydroxylation sites is 1. The molecular weight excluding hydrogens is 426 g/mol. The standard InChI is InChI=1S/C25H28ClN3O3/c1-3-29-23(31)17-25(24(29)32,19-9-5-4-8-18(19)2)16-22(30)28-14-12-27(13-15-28)21-11-7-6-10-20(21)26/h4-11H,3,12-17H2,1-2H3. The Bertz CT molecular complexity index is 1050. The average Bonchev–Trinajstić information content (AvgIpc) is 3.03. The zero-order valence-corrected chi connectivity index (χ0v) is 19.3. The second kappa shape index (κ2) is 8.94. The molecule has 2 fully saturated rings. The lowest BCUT2D eigenvalue weighted by Gasteiger charge is -2.38. The van der Waals surface area contributed by atoms with E-state index >= 15 is 0 Å². The molecule has 3 amide bonds. The molecule has 0 spiro atoms. The summed E-state index contributed by atoms with van der Waals surface area (Å²) >= 11 is 6.33. The van der Waals surface area contributed by atoms with Gasteiger partial charge in [-0.3, -0.25) is 19.3 Å². The van der Waals surface area contributed by atoms with E-state index in [1.807, 2.05) is 55.5 Å². The predicted octanol–water partition coefficient (Wildman–Crippen LogP) is 3.40. The van der Waals surface area contributed by atoms with Gasteiger partial charge in [0.05, 0.1) is 16.1 Å². The van der Waals surface area contributed by atoms with Crippen molar-refractivity contribution in [3.05, 3.63) is 64.7 Å². The highest BCUT2D eigenvalue weighted by Gasteiger charge is 2.54. The normalized spacial score (nSPS) is 21.4. The molecule has 0 aromatic heterocycles. The van der Waals surface area contributed by atoms with E-state index in [2.05, 4.69) is 4.90 Å². The summed E-state index contributed by atoms with van der Waals surface area (Å²) < 4.78 is 0. The fourth-order valence-corrected chi connectivity index (χ4v) is 5.20. The van der Waals surface area contributed by atoms with E-state index in [0.717, 1.165) is 16.8 Å². The molecule has 1 atom stereocenters. The summed E-state index contributed by atoms with van der Waals surface area (Å²) in [6.07, 6.45) is 0.0425. The summed E-state index contributed by atoms with van der Waals surface area (Å²) in [6, 6.07) is 15.3. The summed E-state index contributed by atoms with van der Waals surface area (Å²) in [5, 5.41) is 0.695. The van der Waals surface area contributed by atoms with Crippen LogP contribution in [0.5, 0.6) is 0 Å². The second-order valence-electron chi connectivity index (χ2n) is 8.51. The molecule has 4 rings (SSSR count). The molecule has 2 saturated heterocycles. The van der Waals surface area contributed by atoms with E-state index in [-0.39, 0.29) is 30.6 Å². The van der Waals surface area contributed by atoms with E-state index in [1.54, 1.807) is 11.8 Å². The Kier molecular flexibility index (Phi) is 6.24. The third kappa shape index (κ3) is 3.88. The van der Waals surface area contributed by atoms with Crippen molar-refractivity contribution in [2.45, 2.75) is 32.1 Å². The first kappa shape index (κ1) is 22.3. The third-order valence-corrected chi connectivity index (χ3v) is 6.98. The maximum atomic E-state index is 13.4. The smallest absolute Gasteiger partial charge is 0.240 e. The maximum Gasteiger partial charge on any atom is 0.240 e. The lowest BCUT2D eigenvalue weighted by molar-refractivity contribution is -0.142. The van der Waals surface area contributed by atoms with Crippen molar-refractivity contribution in [3.63, 3.8) is 0 Å². The van der Waals surface area contributed by atoms with Crippen molar-refractivity contribution < 1.29 is 14.4 Å². The summed E-state index contributed by atoms with van der Waals surface area (Å²) in [6.45, 7) is 6.47. The fourth-order valence-electron chi connectivity index (χ4n) is 4.95. The van der Waals surface area contributed by atoms with Crippen molar-refractivity contribution in [2.75, 3.05) is 37.6 Å². The van der Waals surface area contributed by atoms with Gasteiger partial charge in [-0.25, -0.2) is 0 Å².